The van der Waals surface area contributed by atoms with Gasteiger partial charge in [-0.05, 0) is 17.5 Å². The van der Waals surface area contributed by atoms with Crippen LogP contribution in [0.4, 0.5) is 0 Å². The van der Waals surface area contributed by atoms with E-state index in [4.69, 9.17) is 16.3 Å². The van der Waals surface area contributed by atoms with Gasteiger partial charge in [0.05, 0.1) is 0 Å². The molecule has 1 heterocycles. The van der Waals surface area contributed by atoms with Crippen molar-refractivity contribution in [3.63, 3.8) is 0 Å². The van der Waals surface area contributed by atoms with Crippen LogP contribution >= 0.6 is 22.9 Å². The van der Waals surface area contributed by atoms with Crippen LogP contribution in [0.25, 0.3) is 0 Å². The topological polar surface area (TPSA) is 9.23 Å². The number of rotatable bonds is 2. The third-order valence-corrected chi connectivity index (χ3v) is 1.58. The predicted molar refractivity (Wildman–Crippen MR) is 35.7 cm³/mol. The van der Waals surface area contributed by atoms with Crippen LogP contribution < -0.4 is 4.74 Å². The van der Waals surface area contributed by atoms with E-state index >= 15 is 0 Å². The fourth-order valence-electron chi connectivity index (χ4n) is 0.399. The Balaban J connectivity index is 2.50. The Bertz CT molecular complexity index is 138. The minimum absolute atomic E-state index is 0.237. The molecule has 0 aliphatic carbocycles. The molecule has 0 radical (unpaired) electrons. The van der Waals surface area contributed by atoms with Gasteiger partial charge in [-0.3, -0.25) is 0 Å². The number of halogens is 1. The van der Waals surface area contributed by atoms with Gasteiger partial charge in [-0.25, -0.2) is 0 Å². The summed E-state index contributed by atoms with van der Waals surface area (Å²) in [6.45, 7) is 0. The van der Waals surface area contributed by atoms with Gasteiger partial charge in [-0.1, -0.05) is 11.6 Å². The zero-order chi connectivity index (χ0) is 5.82. The first-order valence-corrected chi connectivity index (χ1v) is 3.57. The number of ether oxygens (including phenoxy) is 1. The maximum atomic E-state index is 5.28. The number of thiophene rings is 1. The monoisotopic (exact) mass is 148 g/mol. The Labute approximate surface area is 56.9 Å². The third-order valence-electron chi connectivity index (χ3n) is 0.692. The molecule has 1 rings (SSSR count). The van der Waals surface area contributed by atoms with Crippen LogP contribution in [0.1, 0.15) is 0 Å². The molecule has 8 heavy (non-hydrogen) atoms. The summed E-state index contributed by atoms with van der Waals surface area (Å²) >= 11 is 6.82. The van der Waals surface area contributed by atoms with E-state index in [2.05, 4.69) is 0 Å². The quantitative estimate of drug-likeness (QED) is 0.585. The summed E-state index contributed by atoms with van der Waals surface area (Å²) in [4.78, 5) is 0. The lowest BCUT2D eigenvalue weighted by molar-refractivity contribution is 0.399. The predicted octanol–water partition coefficient (Wildman–Crippen LogP) is 2.32. The summed E-state index contributed by atoms with van der Waals surface area (Å²) in [5, 5.41) is 2.82. The second-order valence-electron chi connectivity index (χ2n) is 1.19. The fourth-order valence-corrected chi connectivity index (χ4v) is 1.16. The second-order valence-corrected chi connectivity index (χ2v) is 2.31. The SMILES string of the molecule is ClCOc1cccs1. The van der Waals surface area contributed by atoms with Gasteiger partial charge >= 0.3 is 0 Å². The van der Waals surface area contributed by atoms with Crippen molar-refractivity contribution in [3.05, 3.63) is 17.5 Å². The number of alkyl halides is 1. The Morgan fingerprint density at radius 2 is 2.62 bits per heavy atom. The van der Waals surface area contributed by atoms with Crippen molar-refractivity contribution in [1.29, 1.82) is 0 Å². The molecule has 0 amide bonds. The van der Waals surface area contributed by atoms with Crippen molar-refractivity contribution in [2.45, 2.75) is 0 Å². The first-order valence-electron chi connectivity index (χ1n) is 2.16. The molecule has 0 unspecified atom stereocenters. The lowest BCUT2D eigenvalue weighted by Gasteiger charge is -1.91. The standard InChI is InChI=1S/C5H5ClOS/c6-4-7-5-2-1-3-8-5/h1-3H,4H2. The van der Waals surface area contributed by atoms with Gasteiger partial charge < -0.3 is 4.74 Å². The van der Waals surface area contributed by atoms with E-state index < -0.39 is 0 Å². The van der Waals surface area contributed by atoms with Gasteiger partial charge in [0.25, 0.3) is 0 Å². The van der Waals surface area contributed by atoms with E-state index in [1.54, 1.807) is 11.3 Å². The highest BCUT2D eigenvalue weighted by atomic mass is 35.5. The van der Waals surface area contributed by atoms with Crippen molar-refractivity contribution in [2.75, 3.05) is 6.07 Å². The van der Waals surface area contributed by atoms with Gasteiger partial charge in [-0.15, -0.1) is 11.3 Å². The van der Waals surface area contributed by atoms with Gasteiger partial charge in [0.2, 0.25) is 0 Å². The third kappa shape index (κ3) is 1.39. The van der Waals surface area contributed by atoms with Gasteiger partial charge in [-0.2, -0.15) is 0 Å². The van der Waals surface area contributed by atoms with Crippen LogP contribution in [-0.2, 0) is 0 Å². The summed E-state index contributed by atoms with van der Waals surface area (Å²) < 4.78 is 4.93. The number of hydrogen-bond acceptors (Lipinski definition) is 2. The molecule has 0 aliphatic heterocycles. The summed E-state index contributed by atoms with van der Waals surface area (Å²) in [5.74, 6) is 0. The highest BCUT2D eigenvalue weighted by molar-refractivity contribution is 7.11. The normalized spacial score (nSPS) is 9.12. The van der Waals surface area contributed by atoms with Crippen LogP contribution in [0.3, 0.4) is 0 Å². The molecule has 3 heteroatoms. The molecule has 0 saturated heterocycles. The fraction of sp³-hybridized carbons (Fsp3) is 0.200. The summed E-state index contributed by atoms with van der Waals surface area (Å²) in [6, 6.07) is 4.04. The maximum Gasteiger partial charge on any atom is 0.175 e. The Morgan fingerprint density at radius 1 is 1.75 bits per heavy atom. The highest BCUT2D eigenvalue weighted by Crippen LogP contribution is 2.17. The molecule has 1 nitrogen and oxygen atoms in total. The Hall–Kier alpha value is -0.210. The van der Waals surface area contributed by atoms with E-state index in [0.29, 0.717) is 0 Å². The van der Waals surface area contributed by atoms with Crippen molar-refractivity contribution in [2.24, 2.45) is 0 Å². The van der Waals surface area contributed by atoms with Crippen molar-refractivity contribution >= 4 is 22.9 Å². The molecule has 44 valence electrons. The van der Waals surface area contributed by atoms with Crippen molar-refractivity contribution < 1.29 is 4.74 Å². The smallest absolute Gasteiger partial charge is 0.175 e. The zero-order valence-electron chi connectivity index (χ0n) is 4.13. The molecule has 1 aromatic rings. The van der Waals surface area contributed by atoms with Crippen LogP contribution in [0, 0.1) is 0 Å². The van der Waals surface area contributed by atoms with E-state index in [-0.39, 0.29) is 6.07 Å². The van der Waals surface area contributed by atoms with Gasteiger partial charge in [0.1, 0.15) is 0 Å². The Kier molecular flexibility index (Phi) is 2.18. The molecule has 0 fully saturated rings. The molecule has 0 spiro atoms. The van der Waals surface area contributed by atoms with E-state index in [0.717, 1.165) is 5.06 Å². The van der Waals surface area contributed by atoms with Crippen molar-refractivity contribution in [3.8, 4) is 5.06 Å². The summed E-state index contributed by atoms with van der Waals surface area (Å²) in [7, 11) is 0. The molecule has 0 saturated carbocycles. The highest BCUT2D eigenvalue weighted by Gasteiger charge is 1.87. The lowest BCUT2D eigenvalue weighted by Crippen LogP contribution is -1.83. The maximum absolute atomic E-state index is 5.28. The summed E-state index contributed by atoms with van der Waals surface area (Å²) in [6.07, 6.45) is 0. The molecule has 0 N–H and O–H groups in total. The lowest BCUT2D eigenvalue weighted by atomic mass is 10.7. The molecule has 0 atom stereocenters. The van der Waals surface area contributed by atoms with Gasteiger partial charge in [0.15, 0.2) is 11.1 Å². The largest absolute Gasteiger partial charge is 0.468 e. The first-order chi connectivity index (χ1) is 3.93. The number of hydrogen-bond donors (Lipinski definition) is 0. The minimum Gasteiger partial charge on any atom is -0.468 e. The second kappa shape index (κ2) is 2.95. The average Bonchev–Trinajstić information content (AvgIpc) is 2.19. The van der Waals surface area contributed by atoms with Crippen LogP contribution in [0.15, 0.2) is 17.5 Å². The van der Waals surface area contributed by atoms with Crippen LogP contribution in [-0.4, -0.2) is 6.07 Å². The van der Waals surface area contributed by atoms with Crippen molar-refractivity contribution in [1.82, 2.24) is 0 Å². The van der Waals surface area contributed by atoms with Crippen LogP contribution in [0.5, 0.6) is 5.06 Å². The van der Waals surface area contributed by atoms with E-state index in [1.165, 1.54) is 0 Å². The molecule has 0 aromatic carbocycles. The average molecular weight is 149 g/mol. The first kappa shape index (κ1) is 5.92. The zero-order valence-corrected chi connectivity index (χ0v) is 5.71. The minimum atomic E-state index is 0.237. The summed E-state index contributed by atoms with van der Waals surface area (Å²) in [5.41, 5.74) is 0. The van der Waals surface area contributed by atoms with Gasteiger partial charge in [0, 0.05) is 0 Å². The van der Waals surface area contributed by atoms with Crippen LogP contribution in [0.2, 0.25) is 0 Å². The van der Waals surface area contributed by atoms with E-state index in [9.17, 15) is 0 Å². The molecular formula is C5H5ClOS. The molecule has 0 bridgehead atoms. The van der Waals surface area contributed by atoms with E-state index in [1.807, 2.05) is 17.5 Å². The molecule has 1 aromatic heterocycles. The molecule has 0 aliphatic rings. The Morgan fingerprint density at radius 3 is 3.12 bits per heavy atom. The molecular weight excluding hydrogens is 144 g/mol.